The van der Waals surface area contributed by atoms with Crippen LogP contribution in [0.15, 0.2) is 182 Å². The lowest BCUT2D eigenvalue weighted by molar-refractivity contribution is 1.02. The lowest BCUT2D eigenvalue weighted by atomic mass is 10.00. The summed E-state index contributed by atoms with van der Waals surface area (Å²) in [6.45, 7) is 0. The largest absolute Gasteiger partial charge is 0.308 e. The number of benzene rings is 8. The maximum Gasteiger partial charge on any atom is 0.235 e. The van der Waals surface area contributed by atoms with Crippen molar-refractivity contribution in [3.05, 3.63) is 182 Å². The molecule has 0 amide bonds. The quantitative estimate of drug-likeness (QED) is 0.180. The molecule has 0 atom stereocenters. The summed E-state index contributed by atoms with van der Waals surface area (Å²) < 4.78 is 7.12. The zero-order valence-electron chi connectivity index (χ0n) is 30.5. The van der Waals surface area contributed by atoms with Crippen LogP contribution in [-0.4, -0.2) is 18.9 Å². The molecular formula is C52H30N4S. The number of nitrogens with zero attached hydrogens (tertiary/aromatic N) is 4. The van der Waals surface area contributed by atoms with Crippen molar-refractivity contribution >= 4 is 91.5 Å². The van der Waals surface area contributed by atoms with E-state index in [4.69, 9.17) is 9.97 Å². The maximum atomic E-state index is 5.58. The summed E-state index contributed by atoms with van der Waals surface area (Å²) in [6.07, 6.45) is 0. The van der Waals surface area contributed by atoms with Gasteiger partial charge in [-0.05, 0) is 58.7 Å². The van der Waals surface area contributed by atoms with E-state index >= 15 is 0 Å². The van der Waals surface area contributed by atoms with Crippen LogP contribution in [0.4, 0.5) is 0 Å². The maximum absolute atomic E-state index is 5.58. The van der Waals surface area contributed by atoms with E-state index in [1.165, 1.54) is 75.8 Å². The molecule has 4 nitrogen and oxygen atoms in total. The minimum Gasteiger partial charge on any atom is -0.308 e. The summed E-state index contributed by atoms with van der Waals surface area (Å²) in [5.41, 5.74) is 13.7. The molecule has 5 heteroatoms. The van der Waals surface area contributed by atoms with Crippen LogP contribution >= 0.6 is 11.3 Å². The Labute approximate surface area is 330 Å². The smallest absolute Gasteiger partial charge is 0.235 e. The molecule has 0 unspecified atom stereocenters. The third-order valence-corrected chi connectivity index (χ3v) is 13.0. The van der Waals surface area contributed by atoms with Gasteiger partial charge in [0.05, 0.1) is 43.5 Å². The van der Waals surface area contributed by atoms with Crippen molar-refractivity contribution in [2.45, 2.75) is 0 Å². The number of rotatable bonds is 4. The zero-order chi connectivity index (χ0) is 37.2. The lowest BCUT2D eigenvalue weighted by Crippen LogP contribution is -2.03. The average molecular weight is 743 g/mol. The van der Waals surface area contributed by atoms with E-state index in [0.29, 0.717) is 5.95 Å². The van der Waals surface area contributed by atoms with Crippen molar-refractivity contribution in [3.63, 3.8) is 0 Å². The molecule has 57 heavy (non-hydrogen) atoms. The van der Waals surface area contributed by atoms with Crippen LogP contribution in [0, 0.1) is 0 Å². The van der Waals surface area contributed by atoms with Gasteiger partial charge in [0.15, 0.2) is 0 Å². The molecule has 0 spiro atoms. The summed E-state index contributed by atoms with van der Waals surface area (Å²) in [7, 11) is 0. The Bertz CT molecular complexity index is 3730. The second kappa shape index (κ2) is 11.6. The van der Waals surface area contributed by atoms with E-state index in [9.17, 15) is 0 Å². The van der Waals surface area contributed by atoms with Crippen molar-refractivity contribution in [2.24, 2.45) is 0 Å². The van der Waals surface area contributed by atoms with Gasteiger partial charge < -0.3 is 4.40 Å². The molecule has 0 N–H and O–H groups in total. The van der Waals surface area contributed by atoms with Gasteiger partial charge in [-0.3, -0.25) is 4.57 Å². The van der Waals surface area contributed by atoms with Gasteiger partial charge in [-0.25, -0.2) is 9.97 Å². The van der Waals surface area contributed by atoms with Gasteiger partial charge in [-0.1, -0.05) is 146 Å². The molecule has 0 radical (unpaired) electrons. The molecule has 0 bridgehead atoms. The second-order valence-electron chi connectivity index (χ2n) is 14.9. The molecule has 0 saturated heterocycles. The molecule has 0 saturated carbocycles. The van der Waals surface area contributed by atoms with Crippen LogP contribution < -0.4 is 0 Å². The summed E-state index contributed by atoms with van der Waals surface area (Å²) in [5, 5.41) is 8.48. The summed E-state index contributed by atoms with van der Waals surface area (Å²) in [5.74, 6) is 0.674. The Morgan fingerprint density at radius 1 is 0.386 bits per heavy atom. The van der Waals surface area contributed by atoms with Crippen LogP contribution in [-0.2, 0) is 0 Å². The number of para-hydroxylation sites is 2. The molecule has 5 heterocycles. The molecule has 264 valence electrons. The van der Waals surface area contributed by atoms with Crippen LogP contribution in [0.5, 0.6) is 0 Å². The number of hydrogen-bond acceptors (Lipinski definition) is 3. The molecule has 0 fully saturated rings. The van der Waals surface area contributed by atoms with Crippen molar-refractivity contribution in [2.75, 3.05) is 0 Å². The highest BCUT2D eigenvalue weighted by Gasteiger charge is 2.26. The van der Waals surface area contributed by atoms with Crippen molar-refractivity contribution in [1.29, 1.82) is 0 Å². The van der Waals surface area contributed by atoms with Crippen molar-refractivity contribution < 1.29 is 0 Å². The summed E-state index contributed by atoms with van der Waals surface area (Å²) in [4.78, 5) is 11.1. The van der Waals surface area contributed by atoms with Gasteiger partial charge in [0.1, 0.15) is 0 Å². The fraction of sp³-hybridized carbons (Fsp3) is 0. The Kier molecular flexibility index (Phi) is 6.29. The molecule has 13 aromatic rings. The monoisotopic (exact) mass is 742 g/mol. The van der Waals surface area contributed by atoms with E-state index in [1.807, 2.05) is 0 Å². The third-order valence-electron chi connectivity index (χ3n) is 11.9. The van der Waals surface area contributed by atoms with Crippen LogP contribution in [0.3, 0.4) is 0 Å². The SMILES string of the molecule is c1ccc(-c2ccc(-c3nc(-n4c5ccccc5c5cc6c7cc(-c8ccccc8)ccc7n7c8ccccc8c(c54)c67)nc4c3sc3ccccc34)cc2)cc1. The predicted molar refractivity (Wildman–Crippen MR) is 240 cm³/mol. The third kappa shape index (κ3) is 4.32. The van der Waals surface area contributed by atoms with Crippen LogP contribution in [0.1, 0.15) is 0 Å². The lowest BCUT2D eigenvalue weighted by Gasteiger charge is -2.11. The van der Waals surface area contributed by atoms with E-state index in [1.54, 1.807) is 11.3 Å². The highest BCUT2D eigenvalue weighted by atomic mass is 32.1. The predicted octanol–water partition coefficient (Wildman–Crippen LogP) is 14.1. The number of aromatic nitrogens is 4. The first-order valence-electron chi connectivity index (χ1n) is 19.3. The molecule has 5 aromatic heterocycles. The van der Waals surface area contributed by atoms with Gasteiger partial charge in [0.25, 0.3) is 0 Å². The zero-order valence-corrected chi connectivity index (χ0v) is 31.3. The number of hydrogen-bond donors (Lipinski definition) is 0. The van der Waals surface area contributed by atoms with Gasteiger partial charge in [-0.15, -0.1) is 11.3 Å². The highest BCUT2D eigenvalue weighted by molar-refractivity contribution is 7.26. The van der Waals surface area contributed by atoms with E-state index in [0.717, 1.165) is 37.9 Å². The van der Waals surface area contributed by atoms with Crippen molar-refractivity contribution in [1.82, 2.24) is 18.9 Å². The number of thiophene rings is 1. The minimum absolute atomic E-state index is 0.674. The topological polar surface area (TPSA) is 35.1 Å². The minimum atomic E-state index is 0.674. The van der Waals surface area contributed by atoms with Gasteiger partial charge in [0, 0.05) is 48.0 Å². The molecular weight excluding hydrogens is 713 g/mol. The molecule has 0 aliphatic rings. The van der Waals surface area contributed by atoms with E-state index < -0.39 is 0 Å². The number of fused-ring (bicyclic) bond motifs is 13. The normalized spacial score (nSPS) is 12.2. The Morgan fingerprint density at radius 2 is 0.965 bits per heavy atom. The Morgan fingerprint density at radius 3 is 1.75 bits per heavy atom. The molecule has 13 rings (SSSR count). The van der Waals surface area contributed by atoms with Crippen molar-refractivity contribution in [3.8, 4) is 39.5 Å². The molecule has 8 aromatic carbocycles. The summed E-state index contributed by atoms with van der Waals surface area (Å²) >= 11 is 1.77. The van der Waals surface area contributed by atoms with Crippen LogP contribution in [0.2, 0.25) is 0 Å². The Hall–Kier alpha value is -7.34. The average Bonchev–Trinajstić information content (AvgIpc) is 4.02. The first-order chi connectivity index (χ1) is 28.3. The summed E-state index contributed by atoms with van der Waals surface area (Å²) in [6, 6.07) is 65.7. The standard InChI is InChI=1S/C52H30N4S/c1-3-13-31(14-4-1)33-23-25-34(26-24-33)47-51-48(38-19-9-12-22-45(38)57-51)54-52(53-47)56-42-20-10-7-17-36(42)40-30-41-39-29-35(32-15-5-2-6-16-32)27-28-44(39)55-43-21-11-8-18-37(43)46(49(41)55)50(40)56/h1-30H. The Balaban J connectivity index is 1.16. The first-order valence-corrected chi connectivity index (χ1v) is 20.2. The van der Waals surface area contributed by atoms with E-state index in [-0.39, 0.29) is 0 Å². The second-order valence-corrected chi connectivity index (χ2v) is 16.0. The van der Waals surface area contributed by atoms with Gasteiger partial charge >= 0.3 is 0 Å². The molecule has 0 aliphatic heterocycles. The highest BCUT2D eigenvalue weighted by Crippen LogP contribution is 2.47. The van der Waals surface area contributed by atoms with E-state index in [2.05, 4.69) is 191 Å². The van der Waals surface area contributed by atoms with Crippen LogP contribution in [0.25, 0.3) is 120 Å². The fourth-order valence-corrected chi connectivity index (χ4v) is 10.5. The first kappa shape index (κ1) is 30.9. The fourth-order valence-electron chi connectivity index (χ4n) is 9.35. The molecule has 0 aliphatic carbocycles. The van der Waals surface area contributed by atoms with Gasteiger partial charge in [-0.2, -0.15) is 0 Å². The van der Waals surface area contributed by atoms with Gasteiger partial charge in [0.2, 0.25) is 5.95 Å².